The molecule has 32 heavy (non-hydrogen) atoms. The number of carbonyl (C=O) groups is 1. The highest BCUT2D eigenvalue weighted by atomic mass is 19.4. The van der Waals surface area contributed by atoms with Crippen LogP contribution in [0.1, 0.15) is 37.9 Å². The second kappa shape index (κ2) is 9.38. The third kappa shape index (κ3) is 5.63. The summed E-state index contributed by atoms with van der Waals surface area (Å²) < 4.78 is 44.9. The topological polar surface area (TPSA) is 61.2 Å². The molecule has 0 amide bonds. The molecule has 0 saturated carbocycles. The van der Waals surface area contributed by atoms with E-state index in [1.165, 1.54) is 18.2 Å². The van der Waals surface area contributed by atoms with Crippen LogP contribution in [0.15, 0.2) is 65.5 Å². The van der Waals surface area contributed by atoms with Crippen molar-refractivity contribution < 1.29 is 22.7 Å². The molecule has 0 fully saturated rings. The molecule has 0 aliphatic carbocycles. The van der Waals surface area contributed by atoms with Gasteiger partial charge in [0.1, 0.15) is 11.8 Å². The molecule has 3 rings (SSSR count). The summed E-state index contributed by atoms with van der Waals surface area (Å²) in [7, 11) is 0. The van der Waals surface area contributed by atoms with Crippen molar-refractivity contribution in [1.29, 1.82) is 0 Å². The molecule has 0 spiro atoms. The smallest absolute Gasteiger partial charge is 0.416 e. The number of halogens is 3. The Kier molecular flexibility index (Phi) is 6.81. The van der Waals surface area contributed by atoms with Gasteiger partial charge in [0.2, 0.25) is 0 Å². The second-order valence-electron chi connectivity index (χ2n) is 7.71. The first-order valence-electron chi connectivity index (χ1n) is 10.1. The number of aromatic nitrogens is 2. The summed E-state index contributed by atoms with van der Waals surface area (Å²) >= 11 is 0. The number of ether oxygens (including phenoxy) is 1. The third-order valence-electron chi connectivity index (χ3n) is 4.82. The molecule has 1 atom stereocenters. The summed E-state index contributed by atoms with van der Waals surface area (Å²) in [4.78, 5) is 25.1. The summed E-state index contributed by atoms with van der Waals surface area (Å²) in [5, 5.41) is 4.35. The van der Waals surface area contributed by atoms with Crippen LogP contribution < -0.4 is 10.3 Å². The molecule has 3 aromatic rings. The summed E-state index contributed by atoms with van der Waals surface area (Å²) in [6, 6.07) is 13.7. The van der Waals surface area contributed by atoms with Crippen LogP contribution in [-0.2, 0) is 17.4 Å². The van der Waals surface area contributed by atoms with E-state index in [4.69, 9.17) is 4.74 Å². The zero-order valence-electron chi connectivity index (χ0n) is 17.9. The Balaban J connectivity index is 1.82. The fourth-order valence-corrected chi connectivity index (χ4v) is 3.15. The van der Waals surface area contributed by atoms with Crippen LogP contribution in [-0.4, -0.2) is 21.7 Å². The number of hydrogen-bond acceptors (Lipinski definition) is 4. The first-order valence-corrected chi connectivity index (χ1v) is 10.1. The number of hydrogen-bond donors (Lipinski definition) is 0. The predicted molar refractivity (Wildman–Crippen MR) is 115 cm³/mol. The van der Waals surface area contributed by atoms with Gasteiger partial charge in [0.05, 0.1) is 17.4 Å². The number of ketones is 1. The van der Waals surface area contributed by atoms with E-state index in [1.54, 1.807) is 19.1 Å². The van der Waals surface area contributed by atoms with Crippen molar-refractivity contribution in [3.8, 4) is 17.0 Å². The van der Waals surface area contributed by atoms with E-state index in [0.717, 1.165) is 22.4 Å². The Bertz CT molecular complexity index is 1150. The molecule has 2 aromatic carbocycles. The van der Waals surface area contributed by atoms with Crippen molar-refractivity contribution in [2.24, 2.45) is 0 Å². The zero-order chi connectivity index (χ0) is 23.5. The van der Waals surface area contributed by atoms with Gasteiger partial charge in [-0.25, -0.2) is 4.68 Å². The van der Waals surface area contributed by atoms with Crippen molar-refractivity contribution >= 4 is 5.78 Å². The van der Waals surface area contributed by atoms with E-state index < -0.39 is 23.3 Å². The van der Waals surface area contributed by atoms with Gasteiger partial charge in [0.25, 0.3) is 5.56 Å². The van der Waals surface area contributed by atoms with Gasteiger partial charge in [-0.2, -0.15) is 18.3 Å². The Morgan fingerprint density at radius 3 is 2.34 bits per heavy atom. The van der Waals surface area contributed by atoms with Gasteiger partial charge in [-0.15, -0.1) is 0 Å². The van der Waals surface area contributed by atoms with Gasteiger partial charge in [-0.05, 0) is 56.7 Å². The molecule has 0 aliphatic rings. The van der Waals surface area contributed by atoms with Crippen LogP contribution in [0.3, 0.4) is 0 Å². The standard InChI is InChI=1S/C24H23F3N2O3/c1-15(2)32-20-6-4-5-18(14-20)21-11-12-23(31)29(28-21)16(3)22(30)13-17-7-9-19(10-8-17)24(25,26)27/h4-12,14-16H,13H2,1-3H3. The van der Waals surface area contributed by atoms with E-state index in [0.29, 0.717) is 17.0 Å². The SMILES string of the molecule is CC(C)Oc1cccc(-c2ccc(=O)n(C(C)C(=O)Cc3ccc(C(F)(F)F)cc3)n2)c1. The monoisotopic (exact) mass is 444 g/mol. The lowest BCUT2D eigenvalue weighted by Crippen LogP contribution is -2.30. The van der Waals surface area contributed by atoms with E-state index >= 15 is 0 Å². The predicted octanol–water partition coefficient (Wildman–Crippen LogP) is 5.09. The molecule has 0 radical (unpaired) electrons. The molecular weight excluding hydrogens is 421 g/mol. The molecule has 1 unspecified atom stereocenters. The van der Waals surface area contributed by atoms with Crippen molar-refractivity contribution in [1.82, 2.24) is 9.78 Å². The van der Waals surface area contributed by atoms with Gasteiger partial charge in [-0.1, -0.05) is 24.3 Å². The zero-order valence-corrected chi connectivity index (χ0v) is 17.9. The highest BCUT2D eigenvalue weighted by molar-refractivity contribution is 5.84. The van der Waals surface area contributed by atoms with Crippen LogP contribution in [0.4, 0.5) is 13.2 Å². The summed E-state index contributed by atoms with van der Waals surface area (Å²) in [6.07, 6.45) is -4.56. The molecule has 5 nitrogen and oxygen atoms in total. The maximum atomic E-state index is 12.7. The quantitative estimate of drug-likeness (QED) is 0.509. The molecule has 1 heterocycles. The van der Waals surface area contributed by atoms with Crippen molar-refractivity contribution in [2.75, 3.05) is 0 Å². The van der Waals surface area contributed by atoms with Gasteiger partial charge in [-0.3, -0.25) is 9.59 Å². The number of rotatable bonds is 7. The molecule has 8 heteroatoms. The average molecular weight is 444 g/mol. The van der Waals surface area contributed by atoms with Crippen LogP contribution in [0.25, 0.3) is 11.3 Å². The van der Waals surface area contributed by atoms with Crippen LogP contribution in [0.2, 0.25) is 0 Å². The third-order valence-corrected chi connectivity index (χ3v) is 4.82. The summed E-state index contributed by atoms with van der Waals surface area (Å²) in [6.45, 7) is 5.37. The van der Waals surface area contributed by atoms with Gasteiger partial charge in [0, 0.05) is 18.1 Å². The molecule has 0 bridgehead atoms. The Hall–Kier alpha value is -3.42. The lowest BCUT2D eigenvalue weighted by Gasteiger charge is -2.15. The highest BCUT2D eigenvalue weighted by Gasteiger charge is 2.30. The molecule has 1 aromatic heterocycles. The largest absolute Gasteiger partial charge is 0.491 e. The molecular formula is C24H23F3N2O3. The first-order chi connectivity index (χ1) is 15.0. The van der Waals surface area contributed by atoms with Gasteiger partial charge in [0.15, 0.2) is 5.78 Å². The maximum absolute atomic E-state index is 12.7. The molecule has 0 N–H and O–H groups in total. The maximum Gasteiger partial charge on any atom is 0.416 e. The van der Waals surface area contributed by atoms with Crippen LogP contribution in [0, 0.1) is 0 Å². The number of nitrogens with zero attached hydrogens (tertiary/aromatic N) is 2. The minimum absolute atomic E-state index is 0.00463. The number of Topliss-reactive ketones (excluding diaryl/α,β-unsaturated/α-hetero) is 1. The molecule has 0 aliphatic heterocycles. The van der Waals surface area contributed by atoms with E-state index in [1.807, 2.05) is 32.0 Å². The normalized spacial score (nSPS) is 12.6. The number of carbonyl (C=O) groups excluding carboxylic acids is 1. The van der Waals surface area contributed by atoms with Crippen LogP contribution >= 0.6 is 0 Å². The summed E-state index contributed by atoms with van der Waals surface area (Å²) in [5.74, 6) is 0.317. The lowest BCUT2D eigenvalue weighted by atomic mass is 10.0. The fourth-order valence-electron chi connectivity index (χ4n) is 3.15. The molecule has 0 saturated heterocycles. The Morgan fingerprint density at radius 1 is 1.03 bits per heavy atom. The van der Waals surface area contributed by atoms with Crippen molar-refractivity contribution in [3.63, 3.8) is 0 Å². The molecule has 168 valence electrons. The number of benzene rings is 2. The van der Waals surface area contributed by atoms with Crippen molar-refractivity contribution in [3.05, 3.63) is 82.1 Å². The highest BCUT2D eigenvalue weighted by Crippen LogP contribution is 2.29. The lowest BCUT2D eigenvalue weighted by molar-refractivity contribution is -0.137. The Morgan fingerprint density at radius 2 is 1.72 bits per heavy atom. The minimum atomic E-state index is -4.44. The second-order valence-corrected chi connectivity index (χ2v) is 7.71. The minimum Gasteiger partial charge on any atom is -0.491 e. The van der Waals surface area contributed by atoms with Crippen molar-refractivity contribution in [2.45, 2.75) is 45.5 Å². The van der Waals surface area contributed by atoms with E-state index in [-0.39, 0.29) is 18.3 Å². The average Bonchev–Trinajstić information content (AvgIpc) is 2.73. The van der Waals surface area contributed by atoms with Gasteiger partial charge < -0.3 is 4.74 Å². The van der Waals surface area contributed by atoms with Crippen LogP contribution in [0.5, 0.6) is 5.75 Å². The summed E-state index contributed by atoms with van der Waals surface area (Å²) in [5.41, 5.74) is 0.414. The Labute approximate surface area is 183 Å². The number of alkyl halides is 3. The van der Waals surface area contributed by atoms with E-state index in [9.17, 15) is 22.8 Å². The fraction of sp³-hybridized carbons (Fsp3) is 0.292. The first kappa shape index (κ1) is 23.2. The van der Waals surface area contributed by atoms with Gasteiger partial charge >= 0.3 is 6.18 Å². The van der Waals surface area contributed by atoms with E-state index in [2.05, 4.69) is 5.10 Å².